The van der Waals surface area contributed by atoms with Crippen LogP contribution in [0.2, 0.25) is 0 Å². The summed E-state index contributed by atoms with van der Waals surface area (Å²) in [6.45, 7) is 4.44. The largest absolute Gasteiger partial charge is 0.455 e. The van der Waals surface area contributed by atoms with Gasteiger partial charge in [-0.05, 0) is 87.1 Å². The molecule has 0 fully saturated rings. The normalized spacial score (nSPS) is 14.5. The highest BCUT2D eigenvalue weighted by molar-refractivity contribution is 6.12. The maximum absolute atomic E-state index is 9.35. The summed E-state index contributed by atoms with van der Waals surface area (Å²) < 4.78 is 43.6. The molecule has 214 valence electrons. The van der Waals surface area contributed by atoms with Gasteiger partial charge in [0.25, 0.3) is 0 Å². The van der Waals surface area contributed by atoms with E-state index in [1.54, 1.807) is 0 Å². The molecule has 0 saturated carbocycles. The highest BCUT2D eigenvalue weighted by Crippen LogP contribution is 2.54. The fourth-order valence-corrected chi connectivity index (χ4v) is 7.02. The van der Waals surface area contributed by atoms with E-state index in [0.717, 1.165) is 60.8 Å². The van der Waals surface area contributed by atoms with E-state index in [-0.39, 0.29) is 40.8 Å². The van der Waals surface area contributed by atoms with E-state index in [1.807, 2.05) is 102 Å². The number of fused-ring (bicyclic) bond motifs is 8. The number of anilines is 3. The van der Waals surface area contributed by atoms with Gasteiger partial charge in [-0.15, -0.1) is 0 Å². The van der Waals surface area contributed by atoms with Crippen LogP contribution in [0.5, 0.6) is 0 Å². The molecule has 1 heterocycles. The van der Waals surface area contributed by atoms with Crippen molar-refractivity contribution in [1.82, 2.24) is 0 Å². The van der Waals surface area contributed by atoms with Gasteiger partial charge in [0.05, 0.1) is 5.48 Å². The molecule has 8 aromatic rings. The molecule has 0 amide bonds. The zero-order valence-electron chi connectivity index (χ0n) is 29.0. The van der Waals surface area contributed by atoms with Gasteiger partial charge >= 0.3 is 0 Å². The van der Waals surface area contributed by atoms with Crippen molar-refractivity contribution in [2.75, 3.05) is 4.90 Å². The molecule has 0 N–H and O–H groups in total. The predicted octanol–water partition coefficient (Wildman–Crippen LogP) is 12.2. The lowest BCUT2D eigenvalue weighted by molar-refractivity contribution is 0.653. The summed E-state index contributed by atoms with van der Waals surface area (Å²) in [5.74, 6) is 0. The maximum atomic E-state index is 9.35. The number of furan rings is 1. The molecule has 0 bridgehead atoms. The van der Waals surface area contributed by atoms with Gasteiger partial charge in [-0.2, -0.15) is 0 Å². The van der Waals surface area contributed by atoms with Crippen molar-refractivity contribution in [3.8, 4) is 22.3 Å². The van der Waals surface area contributed by atoms with E-state index in [9.17, 15) is 5.48 Å². The molecule has 45 heavy (non-hydrogen) atoms. The third-order valence-electron chi connectivity index (χ3n) is 9.31. The highest BCUT2D eigenvalue weighted by Gasteiger charge is 2.38. The third-order valence-corrected chi connectivity index (χ3v) is 9.31. The first kappa shape index (κ1) is 22.0. The van der Waals surface area contributed by atoms with Crippen molar-refractivity contribution in [2.45, 2.75) is 19.3 Å². The lowest BCUT2D eigenvalue weighted by atomic mass is 9.82. The molecule has 1 aliphatic carbocycles. The molecular formula is C43H31NO. The van der Waals surface area contributed by atoms with Crippen LogP contribution < -0.4 is 4.90 Å². The fourth-order valence-electron chi connectivity index (χ4n) is 7.02. The van der Waals surface area contributed by atoms with Crippen LogP contribution in [0.15, 0.2) is 156 Å². The van der Waals surface area contributed by atoms with Crippen molar-refractivity contribution >= 4 is 49.8 Å². The van der Waals surface area contributed by atoms with Crippen LogP contribution in [0.1, 0.15) is 30.5 Å². The van der Waals surface area contributed by atoms with E-state index >= 15 is 0 Å². The van der Waals surface area contributed by atoms with Crippen molar-refractivity contribution in [1.29, 1.82) is 0 Å². The van der Waals surface area contributed by atoms with Crippen molar-refractivity contribution in [2.24, 2.45) is 0 Å². The first-order valence-corrected chi connectivity index (χ1v) is 15.3. The second kappa shape index (κ2) is 9.70. The van der Waals surface area contributed by atoms with Gasteiger partial charge in [-0.3, -0.25) is 0 Å². The van der Waals surface area contributed by atoms with Crippen molar-refractivity contribution in [3.63, 3.8) is 0 Å². The molecule has 0 radical (unpaired) electrons. The van der Waals surface area contributed by atoms with Crippen LogP contribution in [-0.4, -0.2) is 0 Å². The Bertz CT molecular complexity index is 2610. The van der Waals surface area contributed by atoms with Gasteiger partial charge in [0, 0.05) is 38.8 Å². The van der Waals surface area contributed by atoms with E-state index in [1.165, 1.54) is 5.56 Å². The average Bonchev–Trinajstić information content (AvgIpc) is 3.61. The van der Waals surface area contributed by atoms with Crippen LogP contribution in [0.3, 0.4) is 0 Å². The summed E-state index contributed by atoms with van der Waals surface area (Å²) in [7, 11) is 0. The minimum atomic E-state index is -0.356. The fraction of sp³-hybridized carbons (Fsp3) is 0.0698. The highest BCUT2D eigenvalue weighted by atomic mass is 16.3. The number of benzene rings is 7. The summed E-state index contributed by atoms with van der Waals surface area (Å²) in [5, 5.41) is 4.21. The monoisotopic (exact) mass is 581 g/mol. The van der Waals surface area contributed by atoms with Gasteiger partial charge in [-0.1, -0.05) is 117 Å². The lowest BCUT2D eigenvalue weighted by Gasteiger charge is -2.28. The maximum Gasteiger partial charge on any atom is 0.143 e. The van der Waals surface area contributed by atoms with Gasteiger partial charge in [0.15, 0.2) is 0 Å². The third kappa shape index (κ3) is 3.96. The summed E-state index contributed by atoms with van der Waals surface area (Å²) >= 11 is 0. The molecular weight excluding hydrogens is 546 g/mol. The van der Waals surface area contributed by atoms with Crippen LogP contribution in [0.4, 0.5) is 17.1 Å². The Kier molecular flexibility index (Phi) is 4.74. The summed E-state index contributed by atoms with van der Waals surface area (Å²) in [6.07, 6.45) is 0. The summed E-state index contributed by atoms with van der Waals surface area (Å²) in [6, 6.07) is 41.8. The molecule has 9 rings (SSSR count). The van der Waals surface area contributed by atoms with E-state index in [2.05, 4.69) is 44.2 Å². The lowest BCUT2D eigenvalue weighted by Crippen LogP contribution is -2.16. The van der Waals surface area contributed by atoms with E-state index in [4.69, 9.17) is 4.42 Å². The molecule has 0 spiro atoms. The molecule has 0 atom stereocenters. The zero-order valence-corrected chi connectivity index (χ0v) is 25.0. The van der Waals surface area contributed by atoms with Crippen molar-refractivity contribution < 1.29 is 9.90 Å². The Morgan fingerprint density at radius 1 is 0.556 bits per heavy atom. The minimum Gasteiger partial charge on any atom is -0.455 e. The molecule has 0 unspecified atom stereocenters. The number of hydrogen-bond acceptors (Lipinski definition) is 2. The van der Waals surface area contributed by atoms with E-state index in [0.29, 0.717) is 5.56 Å². The Balaban J connectivity index is 1.25. The van der Waals surface area contributed by atoms with Crippen LogP contribution in [-0.2, 0) is 5.41 Å². The molecule has 1 aliphatic rings. The van der Waals surface area contributed by atoms with Crippen LogP contribution in [0, 0.1) is 0 Å². The number of rotatable bonds is 4. The standard InChI is InChI=1S/C43H31NO/c1-43(2)38-25-24-36-35-14-8-9-15-40(35)45-42(36)41(38)37-23-22-34(27-39(37)43)44(32-12-4-3-5-13-32)33-20-18-29(19-21-33)31-17-16-28-10-6-7-11-30(28)26-31/h3-27H,1-2H3/i18D,19D,20D,21D. The Hall–Kier alpha value is -5.60. The predicted molar refractivity (Wildman–Crippen MR) is 189 cm³/mol. The smallest absolute Gasteiger partial charge is 0.143 e. The number of hydrogen-bond donors (Lipinski definition) is 0. The summed E-state index contributed by atoms with van der Waals surface area (Å²) in [5.41, 5.74) is 8.51. The average molecular weight is 582 g/mol. The Labute approximate surface area is 268 Å². The van der Waals surface area contributed by atoms with Gasteiger partial charge in [0.2, 0.25) is 0 Å². The van der Waals surface area contributed by atoms with Gasteiger partial charge in [0.1, 0.15) is 11.2 Å². The molecule has 7 aromatic carbocycles. The first-order valence-electron chi connectivity index (χ1n) is 17.3. The quantitative estimate of drug-likeness (QED) is 0.206. The van der Waals surface area contributed by atoms with Gasteiger partial charge in [-0.25, -0.2) is 0 Å². The molecule has 2 nitrogen and oxygen atoms in total. The zero-order chi connectivity index (χ0) is 33.6. The molecule has 2 heteroatoms. The molecule has 0 saturated heterocycles. The SMILES string of the molecule is [2H]c1c([2H])c(N(c2ccccc2)c2ccc3c(c2)C(C)(C)c2ccc4c(oc5ccccc54)c2-3)c([2H])c([2H])c1-c1ccc2ccccc2c1. The Morgan fingerprint density at radius 3 is 2.16 bits per heavy atom. The van der Waals surface area contributed by atoms with Crippen molar-refractivity contribution in [3.05, 3.63) is 163 Å². The second-order valence-corrected chi connectivity index (χ2v) is 12.3. The Morgan fingerprint density at radius 2 is 1.31 bits per heavy atom. The van der Waals surface area contributed by atoms with Crippen LogP contribution >= 0.6 is 0 Å². The van der Waals surface area contributed by atoms with E-state index < -0.39 is 0 Å². The number of nitrogens with zero attached hydrogens (tertiary/aromatic N) is 1. The second-order valence-electron chi connectivity index (χ2n) is 12.3. The first-order chi connectivity index (χ1) is 23.7. The van der Waals surface area contributed by atoms with Gasteiger partial charge < -0.3 is 9.32 Å². The minimum absolute atomic E-state index is 0.0756. The molecule has 1 aromatic heterocycles. The topological polar surface area (TPSA) is 16.4 Å². The summed E-state index contributed by atoms with van der Waals surface area (Å²) in [4.78, 5) is 1.86. The molecule has 0 aliphatic heterocycles. The van der Waals surface area contributed by atoms with Crippen LogP contribution in [0.25, 0.3) is 55.0 Å². The number of para-hydroxylation sites is 2.